The molecule has 0 unspecified atom stereocenters. The smallest absolute Gasteiger partial charge is 0.341 e. The van der Waals surface area contributed by atoms with Gasteiger partial charge in [-0.25, -0.2) is 18.6 Å². The van der Waals surface area contributed by atoms with E-state index in [2.05, 4.69) is 9.97 Å². The molecule has 1 N–H and O–H groups in total. The molecule has 3 rings (SSSR count). The zero-order valence-electron chi connectivity index (χ0n) is 12.5. The highest BCUT2D eigenvalue weighted by atomic mass is 19.1. The minimum Gasteiger partial charge on any atom is -0.451 e. The van der Waals surface area contributed by atoms with Crippen molar-refractivity contribution in [2.75, 3.05) is 0 Å². The highest BCUT2D eigenvalue weighted by Gasteiger charge is 2.19. The summed E-state index contributed by atoms with van der Waals surface area (Å²) in [6.45, 7) is 1.49. The van der Waals surface area contributed by atoms with Gasteiger partial charge in [0.25, 0.3) is 5.56 Å². The van der Waals surface area contributed by atoms with E-state index in [0.717, 1.165) is 12.1 Å². The Morgan fingerprint density at radius 3 is 2.71 bits per heavy atom. The lowest BCUT2D eigenvalue weighted by Crippen LogP contribution is -2.18. The third-order valence-corrected chi connectivity index (χ3v) is 3.45. The number of ether oxygens (including phenoxy) is 1. The van der Waals surface area contributed by atoms with Gasteiger partial charge in [-0.05, 0) is 31.2 Å². The standard InChI is InChI=1S/C17H12F2N2O3/c1-9(24-17(23)11-7-6-10(18)8-13(11)19)15-20-14-5-3-2-4-12(14)16(22)21-15/h2-9H,1H3,(H,20,21,22)/t9-/m1/s1. The van der Waals surface area contributed by atoms with E-state index in [-0.39, 0.29) is 11.4 Å². The van der Waals surface area contributed by atoms with Crippen LogP contribution in [-0.4, -0.2) is 15.9 Å². The van der Waals surface area contributed by atoms with Crippen LogP contribution >= 0.6 is 0 Å². The monoisotopic (exact) mass is 330 g/mol. The molecule has 1 heterocycles. The zero-order chi connectivity index (χ0) is 17.3. The molecule has 2 aromatic carbocycles. The number of fused-ring (bicyclic) bond motifs is 1. The lowest BCUT2D eigenvalue weighted by Gasteiger charge is -2.13. The fourth-order valence-corrected chi connectivity index (χ4v) is 2.23. The summed E-state index contributed by atoms with van der Waals surface area (Å²) in [4.78, 5) is 30.8. The van der Waals surface area contributed by atoms with Crippen molar-refractivity contribution in [1.29, 1.82) is 0 Å². The second kappa shape index (κ2) is 6.19. The van der Waals surface area contributed by atoms with Gasteiger partial charge in [-0.1, -0.05) is 12.1 Å². The quantitative estimate of drug-likeness (QED) is 0.749. The fraction of sp³-hybridized carbons (Fsp3) is 0.118. The number of hydrogen-bond donors (Lipinski definition) is 1. The second-order valence-electron chi connectivity index (χ2n) is 5.14. The fourth-order valence-electron chi connectivity index (χ4n) is 2.23. The molecular weight excluding hydrogens is 318 g/mol. The highest BCUT2D eigenvalue weighted by Crippen LogP contribution is 2.18. The average molecular weight is 330 g/mol. The molecule has 0 radical (unpaired) electrons. The number of aromatic nitrogens is 2. The summed E-state index contributed by atoms with van der Waals surface area (Å²) in [5, 5.41) is 0.407. The maximum atomic E-state index is 13.6. The summed E-state index contributed by atoms with van der Waals surface area (Å²) < 4.78 is 31.6. The van der Waals surface area contributed by atoms with Crippen LogP contribution in [0.3, 0.4) is 0 Å². The first-order valence-electron chi connectivity index (χ1n) is 7.10. The largest absolute Gasteiger partial charge is 0.451 e. The molecule has 122 valence electrons. The predicted molar refractivity (Wildman–Crippen MR) is 82.6 cm³/mol. The van der Waals surface area contributed by atoms with Crippen LogP contribution < -0.4 is 5.56 Å². The van der Waals surface area contributed by atoms with Gasteiger partial charge in [0.1, 0.15) is 11.6 Å². The van der Waals surface area contributed by atoms with Crippen molar-refractivity contribution in [3.8, 4) is 0 Å². The molecule has 7 heteroatoms. The van der Waals surface area contributed by atoms with Crippen molar-refractivity contribution in [1.82, 2.24) is 9.97 Å². The third-order valence-electron chi connectivity index (χ3n) is 3.45. The van der Waals surface area contributed by atoms with Crippen molar-refractivity contribution >= 4 is 16.9 Å². The van der Waals surface area contributed by atoms with E-state index in [0.29, 0.717) is 17.0 Å². The number of hydrogen-bond acceptors (Lipinski definition) is 4. The van der Waals surface area contributed by atoms with E-state index < -0.39 is 29.3 Å². The first-order chi connectivity index (χ1) is 11.5. The van der Waals surface area contributed by atoms with Crippen LogP contribution in [-0.2, 0) is 4.74 Å². The summed E-state index contributed by atoms with van der Waals surface area (Å²) in [5.74, 6) is -2.66. The Hall–Kier alpha value is -3.09. The number of aromatic amines is 1. The van der Waals surface area contributed by atoms with Crippen molar-refractivity contribution in [3.63, 3.8) is 0 Å². The Labute approximate surface area is 134 Å². The summed E-state index contributed by atoms with van der Waals surface area (Å²) >= 11 is 0. The van der Waals surface area contributed by atoms with Gasteiger partial charge >= 0.3 is 5.97 Å². The van der Waals surface area contributed by atoms with Crippen LogP contribution in [0, 0.1) is 11.6 Å². The number of para-hydroxylation sites is 1. The molecule has 5 nitrogen and oxygen atoms in total. The molecule has 0 saturated heterocycles. The summed E-state index contributed by atoms with van der Waals surface area (Å²) in [6.07, 6.45) is -0.917. The first-order valence-corrected chi connectivity index (χ1v) is 7.10. The molecule has 0 aliphatic heterocycles. The summed E-state index contributed by atoms with van der Waals surface area (Å²) in [6, 6.07) is 9.26. The van der Waals surface area contributed by atoms with Gasteiger partial charge in [0.05, 0.1) is 16.5 Å². The Kier molecular flexibility index (Phi) is 4.07. The Morgan fingerprint density at radius 2 is 1.96 bits per heavy atom. The van der Waals surface area contributed by atoms with Crippen LogP contribution in [0.5, 0.6) is 0 Å². The van der Waals surface area contributed by atoms with Gasteiger partial charge < -0.3 is 9.72 Å². The first kappa shape index (κ1) is 15.8. The van der Waals surface area contributed by atoms with Gasteiger partial charge in [0.15, 0.2) is 11.9 Å². The number of rotatable bonds is 3. The maximum Gasteiger partial charge on any atom is 0.341 e. The molecule has 0 aliphatic carbocycles. The van der Waals surface area contributed by atoms with Gasteiger partial charge in [0.2, 0.25) is 0 Å². The molecule has 0 saturated carbocycles. The van der Waals surface area contributed by atoms with Crippen LogP contribution in [0.1, 0.15) is 29.2 Å². The molecule has 0 bridgehead atoms. The number of H-pyrrole nitrogens is 1. The number of nitrogens with zero attached hydrogens (tertiary/aromatic N) is 1. The van der Waals surface area contributed by atoms with E-state index in [9.17, 15) is 18.4 Å². The number of carbonyl (C=O) groups is 1. The molecular formula is C17H12F2N2O3. The van der Waals surface area contributed by atoms with Crippen LogP contribution in [0.4, 0.5) is 8.78 Å². The van der Waals surface area contributed by atoms with Gasteiger partial charge in [0, 0.05) is 6.07 Å². The molecule has 0 amide bonds. The van der Waals surface area contributed by atoms with Crippen molar-refractivity contribution < 1.29 is 18.3 Å². The minimum absolute atomic E-state index is 0.134. The Morgan fingerprint density at radius 1 is 1.21 bits per heavy atom. The Balaban J connectivity index is 1.88. The maximum absolute atomic E-state index is 13.6. The van der Waals surface area contributed by atoms with Gasteiger partial charge in [-0.2, -0.15) is 0 Å². The molecule has 0 aliphatic rings. The van der Waals surface area contributed by atoms with E-state index in [4.69, 9.17) is 4.74 Å². The van der Waals surface area contributed by atoms with Gasteiger partial charge in [-0.3, -0.25) is 4.79 Å². The van der Waals surface area contributed by atoms with E-state index in [1.54, 1.807) is 24.3 Å². The lowest BCUT2D eigenvalue weighted by atomic mass is 10.2. The van der Waals surface area contributed by atoms with Crippen LogP contribution in [0.25, 0.3) is 10.9 Å². The van der Waals surface area contributed by atoms with Crippen molar-refractivity contribution in [3.05, 3.63) is 75.8 Å². The lowest BCUT2D eigenvalue weighted by molar-refractivity contribution is 0.0314. The number of benzene rings is 2. The Bertz CT molecular complexity index is 985. The number of carbonyl (C=O) groups excluding carboxylic acids is 1. The normalized spacial score (nSPS) is 12.1. The van der Waals surface area contributed by atoms with Crippen LogP contribution in [0.15, 0.2) is 47.3 Å². The third kappa shape index (κ3) is 3.01. The topological polar surface area (TPSA) is 72.0 Å². The number of nitrogens with one attached hydrogen (secondary N) is 1. The molecule has 0 spiro atoms. The number of esters is 1. The highest BCUT2D eigenvalue weighted by molar-refractivity contribution is 5.89. The minimum atomic E-state index is -1.02. The van der Waals surface area contributed by atoms with Crippen molar-refractivity contribution in [2.24, 2.45) is 0 Å². The summed E-state index contributed by atoms with van der Waals surface area (Å²) in [7, 11) is 0. The average Bonchev–Trinajstić information content (AvgIpc) is 2.54. The molecule has 1 atom stereocenters. The van der Waals surface area contributed by atoms with E-state index in [1.165, 1.54) is 6.92 Å². The molecule has 0 fully saturated rings. The predicted octanol–water partition coefficient (Wildman–Crippen LogP) is 3.12. The summed E-state index contributed by atoms with van der Waals surface area (Å²) in [5.41, 5.74) is -0.315. The number of halogens is 2. The zero-order valence-corrected chi connectivity index (χ0v) is 12.5. The van der Waals surface area contributed by atoms with E-state index in [1.807, 2.05) is 0 Å². The molecule has 24 heavy (non-hydrogen) atoms. The SMILES string of the molecule is C[C@@H](OC(=O)c1ccc(F)cc1F)c1nc2ccccc2c(=O)[nH]1. The second-order valence-corrected chi connectivity index (χ2v) is 5.14. The van der Waals surface area contributed by atoms with Gasteiger partial charge in [-0.15, -0.1) is 0 Å². The van der Waals surface area contributed by atoms with E-state index >= 15 is 0 Å². The molecule has 3 aromatic rings. The van der Waals surface area contributed by atoms with Crippen LogP contribution in [0.2, 0.25) is 0 Å². The molecule has 1 aromatic heterocycles. The van der Waals surface area contributed by atoms with Crippen molar-refractivity contribution in [2.45, 2.75) is 13.0 Å².